The van der Waals surface area contributed by atoms with E-state index in [-0.39, 0.29) is 24.9 Å². The third-order valence-corrected chi connectivity index (χ3v) is 4.65. The van der Waals surface area contributed by atoms with Crippen LogP contribution in [0, 0.1) is 5.92 Å². The van der Waals surface area contributed by atoms with Crippen LogP contribution in [0.2, 0.25) is 0 Å². The van der Waals surface area contributed by atoms with E-state index in [2.05, 4.69) is 9.59 Å². The molecular formula is C14H21N5O3S. The highest BCUT2D eigenvalue weighted by Crippen LogP contribution is 2.18. The summed E-state index contributed by atoms with van der Waals surface area (Å²) in [7, 11) is 0. The van der Waals surface area contributed by atoms with Crippen LogP contribution in [0.4, 0.5) is 0 Å². The lowest BCUT2D eigenvalue weighted by atomic mass is 10.1. The average Bonchev–Trinajstić information content (AvgIpc) is 2.83. The van der Waals surface area contributed by atoms with E-state index >= 15 is 0 Å². The van der Waals surface area contributed by atoms with Gasteiger partial charge in [0.05, 0.1) is 11.6 Å². The van der Waals surface area contributed by atoms with Gasteiger partial charge in [0, 0.05) is 33.1 Å². The normalized spacial score (nSPS) is 18.6. The lowest BCUT2D eigenvalue weighted by Crippen LogP contribution is -2.40. The second kappa shape index (κ2) is 7.49. The molecule has 8 nitrogen and oxygen atoms in total. The van der Waals surface area contributed by atoms with E-state index in [0.29, 0.717) is 30.1 Å². The Morgan fingerprint density at radius 2 is 1.91 bits per heavy atom. The van der Waals surface area contributed by atoms with Crippen molar-refractivity contribution in [3.05, 3.63) is 10.6 Å². The summed E-state index contributed by atoms with van der Waals surface area (Å²) in [6, 6.07) is 0. The molecule has 0 radical (unpaired) electrons. The van der Waals surface area contributed by atoms with E-state index < -0.39 is 11.8 Å². The maximum absolute atomic E-state index is 12.8. The number of primary amides is 1. The first-order valence-corrected chi connectivity index (χ1v) is 8.36. The molecule has 1 fully saturated rings. The summed E-state index contributed by atoms with van der Waals surface area (Å²) in [6.07, 6.45) is 1.55. The van der Waals surface area contributed by atoms with E-state index in [1.54, 1.807) is 9.80 Å². The van der Waals surface area contributed by atoms with Gasteiger partial charge in [-0.05, 0) is 18.0 Å². The number of hydrogen-bond donors (Lipinski definition) is 1. The number of carbonyl (C=O) groups is 3. The first-order chi connectivity index (χ1) is 10.9. The van der Waals surface area contributed by atoms with E-state index in [1.807, 2.05) is 6.92 Å². The molecule has 1 aromatic rings. The van der Waals surface area contributed by atoms with Crippen molar-refractivity contribution in [2.24, 2.45) is 11.7 Å². The highest BCUT2D eigenvalue weighted by Gasteiger charge is 2.31. The Bertz CT molecular complexity index is 603. The van der Waals surface area contributed by atoms with Gasteiger partial charge in [-0.3, -0.25) is 14.4 Å². The van der Waals surface area contributed by atoms with Gasteiger partial charge in [0.2, 0.25) is 11.8 Å². The molecule has 1 saturated heterocycles. The highest BCUT2D eigenvalue weighted by molar-refractivity contribution is 7.08. The van der Waals surface area contributed by atoms with E-state index in [0.717, 1.165) is 18.0 Å². The van der Waals surface area contributed by atoms with Gasteiger partial charge < -0.3 is 15.5 Å². The lowest BCUT2D eigenvalue weighted by molar-refractivity contribution is -0.130. The molecule has 0 aromatic carbocycles. The van der Waals surface area contributed by atoms with Crippen LogP contribution >= 0.6 is 11.5 Å². The predicted molar refractivity (Wildman–Crippen MR) is 84.7 cm³/mol. The zero-order valence-corrected chi connectivity index (χ0v) is 14.1. The molecule has 1 aliphatic heterocycles. The highest BCUT2D eigenvalue weighted by atomic mass is 32.1. The smallest absolute Gasteiger partial charge is 0.267 e. The molecule has 2 heterocycles. The van der Waals surface area contributed by atoms with Crippen LogP contribution in [0.1, 0.15) is 35.6 Å². The summed E-state index contributed by atoms with van der Waals surface area (Å²) < 4.78 is 3.87. The summed E-state index contributed by atoms with van der Waals surface area (Å²) >= 11 is 1.07. The van der Waals surface area contributed by atoms with Gasteiger partial charge in [0.1, 0.15) is 4.88 Å². The Kier molecular flexibility index (Phi) is 5.64. The fourth-order valence-electron chi connectivity index (χ4n) is 2.58. The predicted octanol–water partition coefficient (Wildman–Crippen LogP) is -0.104. The maximum Gasteiger partial charge on any atom is 0.267 e. The molecule has 1 aromatic heterocycles. The molecule has 1 aliphatic rings. The van der Waals surface area contributed by atoms with Crippen LogP contribution in [0.5, 0.6) is 0 Å². The number of aryl methyl sites for hydroxylation is 1. The number of nitrogens with two attached hydrogens (primary N) is 1. The van der Waals surface area contributed by atoms with Gasteiger partial charge in [-0.1, -0.05) is 17.8 Å². The third-order valence-electron chi connectivity index (χ3n) is 3.89. The zero-order chi connectivity index (χ0) is 17.0. The first-order valence-electron chi connectivity index (χ1n) is 7.59. The zero-order valence-electron chi connectivity index (χ0n) is 13.3. The molecular weight excluding hydrogens is 318 g/mol. The van der Waals surface area contributed by atoms with Crippen molar-refractivity contribution in [1.82, 2.24) is 19.4 Å². The standard InChI is InChI=1S/C14H21N5O3S/c1-3-4-11-12(23-17-16-11)14(22)19-6-5-18(9(2)20)7-10(8-19)13(15)21/h10H,3-8H2,1-2H3,(H2,15,21)/t10-/m0/s1. The van der Waals surface area contributed by atoms with Crippen molar-refractivity contribution in [3.8, 4) is 0 Å². The molecule has 0 spiro atoms. The van der Waals surface area contributed by atoms with Crippen LogP contribution < -0.4 is 5.73 Å². The fraction of sp³-hybridized carbons (Fsp3) is 0.643. The molecule has 0 aliphatic carbocycles. The molecule has 9 heteroatoms. The van der Waals surface area contributed by atoms with Gasteiger partial charge in [0.25, 0.3) is 5.91 Å². The van der Waals surface area contributed by atoms with Crippen LogP contribution in [-0.4, -0.2) is 63.3 Å². The van der Waals surface area contributed by atoms with Gasteiger partial charge in [0.15, 0.2) is 0 Å². The number of amides is 3. The molecule has 1 atom stereocenters. The molecule has 0 saturated carbocycles. The Labute approximate surface area is 138 Å². The Morgan fingerprint density at radius 1 is 1.26 bits per heavy atom. The van der Waals surface area contributed by atoms with Crippen molar-refractivity contribution in [2.75, 3.05) is 26.2 Å². The lowest BCUT2D eigenvalue weighted by Gasteiger charge is -2.21. The summed E-state index contributed by atoms with van der Waals surface area (Å²) in [6.45, 7) is 4.67. The number of carbonyl (C=O) groups excluding carboxylic acids is 3. The van der Waals surface area contributed by atoms with Crippen molar-refractivity contribution >= 4 is 29.3 Å². The van der Waals surface area contributed by atoms with Gasteiger partial charge in [-0.2, -0.15) is 0 Å². The molecule has 126 valence electrons. The summed E-state index contributed by atoms with van der Waals surface area (Å²) in [5.74, 6) is -1.40. The van der Waals surface area contributed by atoms with Gasteiger partial charge >= 0.3 is 0 Å². The monoisotopic (exact) mass is 339 g/mol. The minimum atomic E-state index is -0.569. The average molecular weight is 339 g/mol. The van der Waals surface area contributed by atoms with E-state index in [4.69, 9.17) is 5.73 Å². The number of aromatic nitrogens is 2. The Morgan fingerprint density at radius 3 is 2.52 bits per heavy atom. The minimum Gasteiger partial charge on any atom is -0.369 e. The SMILES string of the molecule is CCCc1nnsc1C(=O)N1CCN(C(C)=O)C[C@H](C(N)=O)C1. The number of rotatable bonds is 4. The molecule has 0 bridgehead atoms. The van der Waals surface area contributed by atoms with E-state index in [9.17, 15) is 14.4 Å². The molecule has 2 rings (SSSR count). The van der Waals surface area contributed by atoms with Crippen LogP contribution in [0.15, 0.2) is 0 Å². The summed E-state index contributed by atoms with van der Waals surface area (Å²) in [5, 5.41) is 4.01. The number of hydrogen-bond acceptors (Lipinski definition) is 6. The quantitative estimate of drug-likeness (QED) is 0.823. The van der Waals surface area contributed by atoms with Crippen LogP contribution in [0.25, 0.3) is 0 Å². The van der Waals surface area contributed by atoms with Crippen LogP contribution in [0.3, 0.4) is 0 Å². The molecule has 23 heavy (non-hydrogen) atoms. The van der Waals surface area contributed by atoms with Crippen molar-refractivity contribution in [3.63, 3.8) is 0 Å². The van der Waals surface area contributed by atoms with Gasteiger partial charge in [-0.25, -0.2) is 0 Å². The molecule has 0 unspecified atom stereocenters. The van der Waals surface area contributed by atoms with Crippen LogP contribution in [-0.2, 0) is 16.0 Å². The van der Waals surface area contributed by atoms with Crippen molar-refractivity contribution in [1.29, 1.82) is 0 Å². The molecule has 2 N–H and O–H groups in total. The van der Waals surface area contributed by atoms with Crippen molar-refractivity contribution < 1.29 is 14.4 Å². The van der Waals surface area contributed by atoms with Gasteiger partial charge in [-0.15, -0.1) is 5.10 Å². The maximum atomic E-state index is 12.8. The summed E-state index contributed by atoms with van der Waals surface area (Å²) in [4.78, 5) is 39.6. The topological polar surface area (TPSA) is 109 Å². The minimum absolute atomic E-state index is 0.128. The third kappa shape index (κ3) is 4.04. The Balaban J connectivity index is 2.20. The summed E-state index contributed by atoms with van der Waals surface area (Å²) in [5.41, 5.74) is 6.11. The molecule has 3 amide bonds. The second-order valence-corrected chi connectivity index (χ2v) is 6.37. The van der Waals surface area contributed by atoms with Crippen molar-refractivity contribution in [2.45, 2.75) is 26.7 Å². The number of nitrogens with zero attached hydrogens (tertiary/aromatic N) is 4. The first kappa shape index (κ1) is 17.3. The largest absolute Gasteiger partial charge is 0.369 e. The Hall–Kier alpha value is -2.03. The van der Waals surface area contributed by atoms with E-state index in [1.165, 1.54) is 6.92 Å². The second-order valence-electron chi connectivity index (χ2n) is 5.61. The fourth-order valence-corrected chi connectivity index (χ4v) is 3.26.